The van der Waals surface area contributed by atoms with Crippen LogP contribution in [0.1, 0.15) is 12.0 Å². The van der Waals surface area contributed by atoms with Gasteiger partial charge in [-0.05, 0) is 23.8 Å². The molecule has 1 heterocycles. The Morgan fingerprint density at radius 2 is 2.09 bits per heavy atom. The van der Waals surface area contributed by atoms with Crippen molar-refractivity contribution in [3.8, 4) is 0 Å². The zero-order chi connectivity index (χ0) is 17.2. The third kappa shape index (κ3) is 4.42. The van der Waals surface area contributed by atoms with Gasteiger partial charge in [-0.3, -0.25) is 15.3 Å². The summed E-state index contributed by atoms with van der Waals surface area (Å²) in [5.41, 5.74) is 6.83. The highest BCUT2D eigenvalue weighted by molar-refractivity contribution is 6.00. The van der Waals surface area contributed by atoms with Gasteiger partial charge in [-0.1, -0.05) is 0 Å². The Hall–Kier alpha value is -2.62. The number of fused-ring (bicyclic) bond motifs is 1. The van der Waals surface area contributed by atoms with Gasteiger partial charge < -0.3 is 15.4 Å². The number of alkyl halides is 3. The number of nitrogens with two attached hydrogens (primary N) is 1. The highest BCUT2D eigenvalue weighted by Gasteiger charge is 2.42. The standard InChI is InChI=1S/C13H12F3N3O4/c14-13(15,16)12(22)23-9(17)5-11(21)18-7-1-2-8-6(3-7)4-10(20)19-8/h1-3,9H,4-5,17H2,(H,18,21)(H,19,20). The van der Waals surface area contributed by atoms with Gasteiger partial charge in [0.05, 0.1) is 12.8 Å². The predicted molar refractivity (Wildman–Crippen MR) is 72.1 cm³/mol. The van der Waals surface area contributed by atoms with Crippen molar-refractivity contribution in [2.24, 2.45) is 5.73 Å². The van der Waals surface area contributed by atoms with Gasteiger partial charge in [0.1, 0.15) is 0 Å². The Labute approximate surface area is 128 Å². The highest BCUT2D eigenvalue weighted by Crippen LogP contribution is 2.26. The van der Waals surface area contributed by atoms with E-state index in [-0.39, 0.29) is 12.3 Å². The lowest BCUT2D eigenvalue weighted by molar-refractivity contribution is -0.204. The quantitative estimate of drug-likeness (QED) is 0.561. The van der Waals surface area contributed by atoms with E-state index in [4.69, 9.17) is 5.73 Å². The SMILES string of the molecule is NC(CC(=O)Nc1ccc2c(c1)CC(=O)N2)OC(=O)C(F)(F)F. The lowest BCUT2D eigenvalue weighted by Crippen LogP contribution is -2.37. The molecule has 4 N–H and O–H groups in total. The average Bonchev–Trinajstić information content (AvgIpc) is 2.76. The minimum absolute atomic E-state index is 0.168. The van der Waals surface area contributed by atoms with Crippen LogP contribution in [0.3, 0.4) is 0 Å². The number of esters is 1. The second kappa shape index (κ2) is 6.24. The molecule has 1 aromatic carbocycles. The fraction of sp³-hybridized carbons (Fsp3) is 0.308. The first-order valence-electron chi connectivity index (χ1n) is 6.41. The van der Waals surface area contributed by atoms with E-state index < -0.39 is 30.7 Å². The van der Waals surface area contributed by atoms with Crippen molar-refractivity contribution in [1.29, 1.82) is 0 Å². The van der Waals surface area contributed by atoms with Gasteiger partial charge in [0.2, 0.25) is 11.8 Å². The Morgan fingerprint density at radius 3 is 2.74 bits per heavy atom. The summed E-state index contributed by atoms with van der Waals surface area (Å²) in [6.45, 7) is 0. The minimum Gasteiger partial charge on any atom is -0.440 e. The second-order valence-corrected chi connectivity index (χ2v) is 4.79. The third-order valence-corrected chi connectivity index (χ3v) is 2.89. The summed E-state index contributed by atoms with van der Waals surface area (Å²) in [6, 6.07) is 4.65. The molecule has 23 heavy (non-hydrogen) atoms. The van der Waals surface area contributed by atoms with E-state index in [0.29, 0.717) is 16.9 Å². The Bertz CT molecular complexity index is 660. The van der Waals surface area contributed by atoms with E-state index in [9.17, 15) is 27.6 Å². The van der Waals surface area contributed by atoms with Crippen LogP contribution < -0.4 is 16.4 Å². The van der Waals surface area contributed by atoms with Crippen LogP contribution in [0.15, 0.2) is 18.2 Å². The molecular formula is C13H12F3N3O4. The molecular weight excluding hydrogens is 319 g/mol. The van der Waals surface area contributed by atoms with Crippen molar-refractivity contribution in [3.63, 3.8) is 0 Å². The van der Waals surface area contributed by atoms with E-state index in [1.165, 1.54) is 6.07 Å². The maximum atomic E-state index is 12.0. The van der Waals surface area contributed by atoms with Gasteiger partial charge >= 0.3 is 12.1 Å². The molecule has 0 saturated carbocycles. The van der Waals surface area contributed by atoms with Gasteiger partial charge in [0, 0.05) is 11.4 Å². The number of rotatable bonds is 4. The van der Waals surface area contributed by atoms with Gasteiger partial charge in [-0.25, -0.2) is 4.79 Å². The van der Waals surface area contributed by atoms with Crippen LogP contribution in [0.4, 0.5) is 24.5 Å². The summed E-state index contributed by atoms with van der Waals surface area (Å²) >= 11 is 0. The fourth-order valence-electron chi connectivity index (χ4n) is 1.95. The molecule has 0 spiro atoms. The van der Waals surface area contributed by atoms with Crippen LogP contribution in [-0.4, -0.2) is 30.2 Å². The molecule has 0 aliphatic carbocycles. The molecule has 0 radical (unpaired) electrons. The summed E-state index contributed by atoms with van der Waals surface area (Å²) in [5.74, 6) is -3.37. The Balaban J connectivity index is 1.89. The van der Waals surface area contributed by atoms with Crippen molar-refractivity contribution in [2.45, 2.75) is 25.2 Å². The van der Waals surface area contributed by atoms with E-state index >= 15 is 0 Å². The van der Waals surface area contributed by atoms with Crippen LogP contribution in [-0.2, 0) is 25.5 Å². The van der Waals surface area contributed by atoms with Gasteiger partial charge in [0.15, 0.2) is 6.23 Å². The number of anilines is 2. The van der Waals surface area contributed by atoms with Crippen molar-refractivity contribution in [1.82, 2.24) is 0 Å². The highest BCUT2D eigenvalue weighted by atomic mass is 19.4. The number of hydrogen-bond acceptors (Lipinski definition) is 5. The van der Waals surface area contributed by atoms with Crippen LogP contribution in [0.5, 0.6) is 0 Å². The topological polar surface area (TPSA) is 111 Å². The van der Waals surface area contributed by atoms with Crippen molar-refractivity contribution in [2.75, 3.05) is 10.6 Å². The van der Waals surface area contributed by atoms with E-state index in [2.05, 4.69) is 15.4 Å². The van der Waals surface area contributed by atoms with Crippen molar-refractivity contribution < 1.29 is 32.3 Å². The average molecular weight is 331 g/mol. The molecule has 0 saturated heterocycles. The minimum atomic E-state index is -5.17. The van der Waals surface area contributed by atoms with E-state index in [1.807, 2.05) is 0 Å². The number of ether oxygens (including phenoxy) is 1. The number of carbonyl (C=O) groups excluding carboxylic acids is 3. The molecule has 0 fully saturated rings. The van der Waals surface area contributed by atoms with Gasteiger partial charge in [-0.15, -0.1) is 0 Å². The maximum Gasteiger partial charge on any atom is 0.490 e. The second-order valence-electron chi connectivity index (χ2n) is 4.79. The van der Waals surface area contributed by atoms with Gasteiger partial charge in [-0.2, -0.15) is 13.2 Å². The summed E-state index contributed by atoms with van der Waals surface area (Å²) < 4.78 is 39.9. The lowest BCUT2D eigenvalue weighted by Gasteiger charge is -2.14. The largest absolute Gasteiger partial charge is 0.490 e. The fourth-order valence-corrected chi connectivity index (χ4v) is 1.95. The maximum absolute atomic E-state index is 12.0. The van der Waals surface area contributed by atoms with E-state index in [0.717, 1.165) is 0 Å². The molecule has 7 nitrogen and oxygen atoms in total. The number of nitrogens with one attached hydrogen (secondary N) is 2. The molecule has 0 aromatic heterocycles. The number of amides is 2. The molecule has 1 aromatic rings. The van der Waals surface area contributed by atoms with Gasteiger partial charge in [0.25, 0.3) is 0 Å². The van der Waals surface area contributed by atoms with Crippen LogP contribution >= 0.6 is 0 Å². The monoisotopic (exact) mass is 331 g/mol. The number of halogens is 3. The summed E-state index contributed by atoms with van der Waals surface area (Å²) in [7, 11) is 0. The van der Waals surface area contributed by atoms with Crippen LogP contribution in [0.25, 0.3) is 0 Å². The molecule has 2 rings (SSSR count). The first kappa shape index (κ1) is 16.7. The molecule has 1 atom stereocenters. The van der Waals surface area contributed by atoms with Crippen LogP contribution in [0.2, 0.25) is 0 Å². The third-order valence-electron chi connectivity index (χ3n) is 2.89. The molecule has 0 bridgehead atoms. The zero-order valence-electron chi connectivity index (χ0n) is 11.6. The van der Waals surface area contributed by atoms with Crippen molar-refractivity contribution >= 4 is 29.2 Å². The van der Waals surface area contributed by atoms with Crippen LogP contribution in [0, 0.1) is 0 Å². The molecule has 10 heteroatoms. The molecule has 124 valence electrons. The molecule has 1 unspecified atom stereocenters. The first-order valence-corrected chi connectivity index (χ1v) is 6.41. The molecule has 1 aliphatic heterocycles. The van der Waals surface area contributed by atoms with Crippen molar-refractivity contribution in [3.05, 3.63) is 23.8 Å². The number of benzene rings is 1. The smallest absolute Gasteiger partial charge is 0.440 e. The first-order chi connectivity index (χ1) is 10.6. The summed E-state index contributed by atoms with van der Waals surface area (Å²) in [4.78, 5) is 33.5. The molecule has 2 amide bonds. The number of hydrogen-bond donors (Lipinski definition) is 3. The zero-order valence-corrected chi connectivity index (χ0v) is 11.6. The normalized spacial score (nSPS) is 14.7. The summed E-state index contributed by atoms with van der Waals surface area (Å²) in [5, 5.41) is 5.01. The summed E-state index contributed by atoms with van der Waals surface area (Å²) in [6.07, 6.45) is -7.37. The molecule has 1 aliphatic rings. The predicted octanol–water partition coefficient (Wildman–Crippen LogP) is 0.900. The number of carbonyl (C=O) groups is 3. The Kier molecular flexibility index (Phi) is 4.55. The Morgan fingerprint density at radius 1 is 1.39 bits per heavy atom. The lowest BCUT2D eigenvalue weighted by atomic mass is 10.1. The van der Waals surface area contributed by atoms with E-state index in [1.54, 1.807) is 12.1 Å².